The van der Waals surface area contributed by atoms with Crippen molar-refractivity contribution < 1.29 is 13.9 Å². The van der Waals surface area contributed by atoms with E-state index < -0.39 is 0 Å². The van der Waals surface area contributed by atoms with E-state index in [1.807, 2.05) is 6.92 Å². The number of hydrogen-bond acceptors (Lipinski definition) is 4. The summed E-state index contributed by atoms with van der Waals surface area (Å²) in [6, 6.07) is 3.01. The molecular weight excluding hydrogens is 474 g/mol. The Balaban J connectivity index is 0.00000280. The topological polar surface area (TPSA) is 59.0 Å². The molecule has 0 saturated carbocycles. The molecule has 158 valence electrons. The minimum Gasteiger partial charge on any atom is -0.376 e. The van der Waals surface area contributed by atoms with Crippen LogP contribution in [0.1, 0.15) is 44.7 Å². The molecule has 0 amide bonds. The Hall–Kier alpha value is -1.00. The molecule has 8 heteroatoms. The zero-order valence-electron chi connectivity index (χ0n) is 16.6. The number of ether oxygens (including phenoxy) is 2. The fourth-order valence-corrected chi connectivity index (χ4v) is 3.53. The standard InChI is InChI=1S/C20H31FN4O2.HI/c1-2-22-20(24-14-19-18(21)7-5-10-23-19)25-11-8-16(9-12-25)27-15-17-6-3-4-13-26-17;/h5,7,10,16-17H,2-4,6,8-9,11-15H2,1H3,(H,22,24);1H. The highest BCUT2D eigenvalue weighted by atomic mass is 127. The van der Waals surface area contributed by atoms with Crippen LogP contribution < -0.4 is 5.32 Å². The van der Waals surface area contributed by atoms with Gasteiger partial charge >= 0.3 is 0 Å². The summed E-state index contributed by atoms with van der Waals surface area (Å²) in [5.41, 5.74) is 0.374. The van der Waals surface area contributed by atoms with E-state index in [4.69, 9.17) is 9.47 Å². The van der Waals surface area contributed by atoms with Crippen molar-refractivity contribution in [3.63, 3.8) is 0 Å². The molecule has 0 radical (unpaired) electrons. The summed E-state index contributed by atoms with van der Waals surface area (Å²) in [7, 11) is 0. The second-order valence-corrected chi connectivity index (χ2v) is 7.11. The van der Waals surface area contributed by atoms with Crippen molar-refractivity contribution in [2.45, 2.75) is 57.8 Å². The van der Waals surface area contributed by atoms with Crippen molar-refractivity contribution in [2.75, 3.05) is 32.8 Å². The fraction of sp³-hybridized carbons (Fsp3) is 0.700. The van der Waals surface area contributed by atoms with Crippen molar-refractivity contribution in [1.29, 1.82) is 0 Å². The smallest absolute Gasteiger partial charge is 0.194 e. The van der Waals surface area contributed by atoms with Crippen molar-refractivity contribution in [2.24, 2.45) is 4.99 Å². The molecule has 6 nitrogen and oxygen atoms in total. The van der Waals surface area contributed by atoms with Crippen LogP contribution in [-0.4, -0.2) is 60.9 Å². The van der Waals surface area contributed by atoms with Gasteiger partial charge in [-0.25, -0.2) is 9.38 Å². The monoisotopic (exact) mass is 506 g/mol. The van der Waals surface area contributed by atoms with Gasteiger partial charge < -0.3 is 19.7 Å². The Morgan fingerprint density at radius 2 is 2.18 bits per heavy atom. The van der Waals surface area contributed by atoms with Crippen LogP contribution in [0.3, 0.4) is 0 Å². The van der Waals surface area contributed by atoms with Gasteiger partial charge in [-0.15, -0.1) is 24.0 Å². The summed E-state index contributed by atoms with van der Waals surface area (Å²) < 4.78 is 25.6. The Bertz CT molecular complexity index is 606. The number of aliphatic imine (C=N–C) groups is 1. The molecule has 3 heterocycles. The minimum absolute atomic E-state index is 0. The molecular formula is C20H32FIN4O2. The summed E-state index contributed by atoms with van der Waals surface area (Å²) >= 11 is 0. The second kappa shape index (κ2) is 12.5. The van der Waals surface area contributed by atoms with Crippen molar-refractivity contribution in [3.8, 4) is 0 Å². The number of piperidine rings is 1. The van der Waals surface area contributed by atoms with Crippen molar-refractivity contribution in [1.82, 2.24) is 15.2 Å². The van der Waals surface area contributed by atoms with Gasteiger partial charge in [0.1, 0.15) is 5.82 Å². The van der Waals surface area contributed by atoms with Gasteiger partial charge in [-0.05, 0) is 51.2 Å². The van der Waals surface area contributed by atoms with E-state index in [-0.39, 0.29) is 48.5 Å². The lowest BCUT2D eigenvalue weighted by molar-refractivity contribution is -0.0721. The van der Waals surface area contributed by atoms with Crippen LogP contribution in [-0.2, 0) is 16.0 Å². The van der Waals surface area contributed by atoms with Crippen LogP contribution in [0.5, 0.6) is 0 Å². The molecule has 2 saturated heterocycles. The van der Waals surface area contributed by atoms with Gasteiger partial charge in [-0.3, -0.25) is 4.98 Å². The maximum atomic E-state index is 13.8. The molecule has 1 aromatic rings. The Labute approximate surface area is 184 Å². The number of guanidine groups is 1. The van der Waals surface area contributed by atoms with Crippen LogP contribution in [0.4, 0.5) is 4.39 Å². The quantitative estimate of drug-likeness (QED) is 0.365. The van der Waals surface area contributed by atoms with E-state index in [0.717, 1.165) is 51.5 Å². The van der Waals surface area contributed by atoms with Crippen molar-refractivity contribution in [3.05, 3.63) is 29.8 Å². The summed E-state index contributed by atoms with van der Waals surface area (Å²) in [6.45, 7) is 6.39. The second-order valence-electron chi connectivity index (χ2n) is 7.11. The molecule has 0 aliphatic carbocycles. The molecule has 0 aromatic carbocycles. The number of aromatic nitrogens is 1. The van der Waals surface area contributed by atoms with Crippen LogP contribution in [0.2, 0.25) is 0 Å². The predicted molar refractivity (Wildman–Crippen MR) is 119 cm³/mol. The lowest BCUT2D eigenvalue weighted by Gasteiger charge is -2.35. The summed E-state index contributed by atoms with van der Waals surface area (Å²) in [6.07, 6.45) is 7.60. The number of pyridine rings is 1. The zero-order chi connectivity index (χ0) is 18.9. The highest BCUT2D eigenvalue weighted by Gasteiger charge is 2.23. The number of rotatable bonds is 6. The number of halogens is 2. The Morgan fingerprint density at radius 3 is 2.86 bits per heavy atom. The SMILES string of the molecule is CCNC(=NCc1ncccc1F)N1CCC(OCC2CCCCO2)CC1.I. The van der Waals surface area contributed by atoms with Crippen molar-refractivity contribution >= 4 is 29.9 Å². The maximum Gasteiger partial charge on any atom is 0.194 e. The minimum atomic E-state index is -0.311. The molecule has 2 aliphatic rings. The van der Waals surface area contributed by atoms with E-state index in [1.54, 1.807) is 12.3 Å². The number of hydrogen-bond donors (Lipinski definition) is 1. The summed E-state index contributed by atoms with van der Waals surface area (Å²) in [5.74, 6) is 0.505. The predicted octanol–water partition coefficient (Wildman–Crippen LogP) is 3.35. The number of nitrogens with zero attached hydrogens (tertiary/aromatic N) is 3. The molecule has 28 heavy (non-hydrogen) atoms. The molecule has 2 fully saturated rings. The van der Waals surface area contributed by atoms with Gasteiger partial charge in [0.15, 0.2) is 5.96 Å². The van der Waals surface area contributed by atoms with Crippen LogP contribution in [0.15, 0.2) is 23.3 Å². The first-order valence-corrected chi connectivity index (χ1v) is 10.1. The average Bonchev–Trinajstić information content (AvgIpc) is 2.72. The number of nitrogens with one attached hydrogen (secondary N) is 1. The van der Waals surface area contributed by atoms with E-state index in [2.05, 4.69) is 20.2 Å². The lowest BCUT2D eigenvalue weighted by Crippen LogP contribution is -2.47. The average molecular weight is 506 g/mol. The van der Waals surface area contributed by atoms with Gasteiger partial charge in [0.05, 0.1) is 31.1 Å². The molecule has 0 spiro atoms. The van der Waals surface area contributed by atoms with Crippen LogP contribution in [0.25, 0.3) is 0 Å². The molecule has 1 N–H and O–H groups in total. The molecule has 0 bridgehead atoms. The van der Waals surface area contributed by atoms with Crippen LogP contribution >= 0.6 is 24.0 Å². The molecule has 3 rings (SSSR count). The van der Waals surface area contributed by atoms with Gasteiger partial charge in [-0.2, -0.15) is 0 Å². The van der Waals surface area contributed by atoms with Crippen LogP contribution in [0, 0.1) is 5.82 Å². The largest absolute Gasteiger partial charge is 0.376 e. The van der Waals surface area contributed by atoms with Gasteiger partial charge in [0, 0.05) is 32.4 Å². The van der Waals surface area contributed by atoms with E-state index in [0.29, 0.717) is 12.3 Å². The normalized spacial score (nSPS) is 21.3. The Morgan fingerprint density at radius 1 is 1.36 bits per heavy atom. The highest BCUT2D eigenvalue weighted by Crippen LogP contribution is 2.18. The third-order valence-corrected chi connectivity index (χ3v) is 5.08. The maximum absolute atomic E-state index is 13.8. The molecule has 2 aliphatic heterocycles. The third-order valence-electron chi connectivity index (χ3n) is 5.08. The Kier molecular flexibility index (Phi) is 10.4. The van der Waals surface area contributed by atoms with Gasteiger partial charge in [0.2, 0.25) is 0 Å². The number of likely N-dealkylation sites (tertiary alicyclic amines) is 1. The van der Waals surface area contributed by atoms with Gasteiger partial charge in [0.25, 0.3) is 0 Å². The fourth-order valence-electron chi connectivity index (χ4n) is 3.53. The zero-order valence-corrected chi connectivity index (χ0v) is 18.9. The first-order valence-electron chi connectivity index (χ1n) is 10.1. The summed E-state index contributed by atoms with van der Waals surface area (Å²) in [4.78, 5) is 10.9. The van der Waals surface area contributed by atoms with E-state index in [9.17, 15) is 4.39 Å². The van der Waals surface area contributed by atoms with E-state index >= 15 is 0 Å². The first kappa shape index (κ1) is 23.3. The molecule has 1 unspecified atom stereocenters. The third kappa shape index (κ3) is 7.11. The summed E-state index contributed by atoms with van der Waals surface area (Å²) in [5, 5.41) is 3.31. The highest BCUT2D eigenvalue weighted by molar-refractivity contribution is 14.0. The molecule has 1 aromatic heterocycles. The van der Waals surface area contributed by atoms with Gasteiger partial charge in [-0.1, -0.05) is 0 Å². The lowest BCUT2D eigenvalue weighted by atomic mass is 10.1. The first-order chi connectivity index (χ1) is 13.3. The molecule has 1 atom stereocenters. The van der Waals surface area contributed by atoms with E-state index in [1.165, 1.54) is 18.9 Å².